The Morgan fingerprint density at radius 2 is 1.43 bits per heavy atom. The van der Waals surface area contributed by atoms with Crippen LogP contribution in [0.25, 0.3) is 0 Å². The molecule has 1 N–H and O–H groups in total. The van der Waals surface area contributed by atoms with Gasteiger partial charge in [-0.25, -0.2) is 0 Å². The minimum Gasteiger partial charge on any atom is -0.497 e. The van der Waals surface area contributed by atoms with Crippen molar-refractivity contribution in [2.45, 2.75) is 6.92 Å². The lowest BCUT2D eigenvalue weighted by Gasteiger charge is -2.23. The van der Waals surface area contributed by atoms with Crippen molar-refractivity contribution in [3.05, 3.63) is 78.4 Å². The first-order valence-electron chi connectivity index (χ1n) is 9.11. The number of ether oxygens (including phenoxy) is 2. The first-order chi connectivity index (χ1) is 13.6. The van der Waals surface area contributed by atoms with Crippen LogP contribution in [-0.2, 0) is 0 Å². The number of hydrogen-bond donors (Lipinski definition) is 1. The van der Waals surface area contributed by atoms with E-state index in [1.54, 1.807) is 32.4 Å². The maximum atomic E-state index is 12.6. The SMILES string of the molecule is CCN(c1ccccc1)c1ccc(NC(=O)c2cc(OC)cc(OC)c2)cc1. The van der Waals surface area contributed by atoms with Gasteiger partial charge >= 0.3 is 0 Å². The number of para-hydroxylation sites is 1. The van der Waals surface area contributed by atoms with Crippen molar-refractivity contribution >= 4 is 23.0 Å². The van der Waals surface area contributed by atoms with E-state index in [0.717, 1.165) is 23.6 Å². The van der Waals surface area contributed by atoms with Crippen LogP contribution in [0.4, 0.5) is 17.1 Å². The predicted octanol–water partition coefficient (Wildman–Crippen LogP) is 5.11. The maximum absolute atomic E-state index is 12.6. The van der Waals surface area contributed by atoms with Gasteiger partial charge < -0.3 is 19.7 Å². The second-order valence-electron chi connectivity index (χ2n) is 6.18. The summed E-state index contributed by atoms with van der Waals surface area (Å²) in [4.78, 5) is 14.8. The molecule has 3 aromatic rings. The number of anilines is 3. The van der Waals surface area contributed by atoms with Crippen molar-refractivity contribution in [3.63, 3.8) is 0 Å². The summed E-state index contributed by atoms with van der Waals surface area (Å²) in [6.45, 7) is 2.96. The summed E-state index contributed by atoms with van der Waals surface area (Å²) in [6.07, 6.45) is 0. The molecule has 0 aliphatic heterocycles. The normalized spacial score (nSPS) is 10.2. The van der Waals surface area contributed by atoms with E-state index >= 15 is 0 Å². The van der Waals surface area contributed by atoms with Crippen molar-refractivity contribution in [2.75, 3.05) is 31.0 Å². The molecule has 0 aromatic heterocycles. The van der Waals surface area contributed by atoms with Gasteiger partial charge in [0, 0.05) is 35.2 Å². The molecule has 0 radical (unpaired) electrons. The average molecular weight is 376 g/mol. The topological polar surface area (TPSA) is 50.8 Å². The molecule has 0 aliphatic carbocycles. The summed E-state index contributed by atoms with van der Waals surface area (Å²) in [5, 5.41) is 2.92. The largest absolute Gasteiger partial charge is 0.497 e. The van der Waals surface area contributed by atoms with Crippen molar-refractivity contribution in [2.24, 2.45) is 0 Å². The Hall–Kier alpha value is -3.47. The van der Waals surface area contributed by atoms with Crippen LogP contribution in [0.2, 0.25) is 0 Å². The number of benzene rings is 3. The van der Waals surface area contributed by atoms with Crippen LogP contribution in [0.3, 0.4) is 0 Å². The first-order valence-corrected chi connectivity index (χ1v) is 9.11. The molecule has 3 rings (SSSR count). The monoisotopic (exact) mass is 376 g/mol. The summed E-state index contributed by atoms with van der Waals surface area (Å²) in [5.41, 5.74) is 3.39. The number of methoxy groups -OCH3 is 2. The molecule has 5 nitrogen and oxygen atoms in total. The van der Waals surface area contributed by atoms with Gasteiger partial charge in [0.05, 0.1) is 14.2 Å². The summed E-state index contributed by atoms with van der Waals surface area (Å²) in [6, 6.07) is 23.1. The van der Waals surface area contributed by atoms with Gasteiger partial charge in [0.25, 0.3) is 5.91 Å². The molecule has 1 amide bonds. The van der Waals surface area contributed by atoms with Crippen LogP contribution in [0.5, 0.6) is 11.5 Å². The third kappa shape index (κ3) is 4.43. The highest BCUT2D eigenvalue weighted by molar-refractivity contribution is 6.04. The van der Waals surface area contributed by atoms with Gasteiger partial charge in [-0.05, 0) is 55.5 Å². The Kier molecular flexibility index (Phi) is 6.17. The van der Waals surface area contributed by atoms with Gasteiger partial charge in [-0.3, -0.25) is 4.79 Å². The number of hydrogen-bond acceptors (Lipinski definition) is 4. The van der Waals surface area contributed by atoms with Gasteiger partial charge in [0.1, 0.15) is 11.5 Å². The van der Waals surface area contributed by atoms with Crippen LogP contribution in [0.15, 0.2) is 72.8 Å². The van der Waals surface area contributed by atoms with Crippen LogP contribution >= 0.6 is 0 Å². The van der Waals surface area contributed by atoms with Gasteiger partial charge in [-0.1, -0.05) is 18.2 Å². The lowest BCUT2D eigenvalue weighted by atomic mass is 10.1. The summed E-state index contributed by atoms with van der Waals surface area (Å²) >= 11 is 0. The second kappa shape index (κ2) is 8.95. The van der Waals surface area contributed by atoms with E-state index in [-0.39, 0.29) is 5.91 Å². The maximum Gasteiger partial charge on any atom is 0.255 e. The van der Waals surface area contributed by atoms with E-state index in [0.29, 0.717) is 17.1 Å². The first kappa shape index (κ1) is 19.3. The number of amides is 1. The molecule has 0 aliphatic rings. The molecule has 0 saturated carbocycles. The molecule has 5 heteroatoms. The molecule has 0 atom stereocenters. The molecule has 0 bridgehead atoms. The molecule has 3 aromatic carbocycles. The Bertz CT molecular complexity index is 902. The molecule has 0 heterocycles. The summed E-state index contributed by atoms with van der Waals surface area (Å²) in [7, 11) is 3.11. The molecule has 0 unspecified atom stereocenters. The Morgan fingerprint density at radius 3 is 1.96 bits per heavy atom. The molecule has 0 spiro atoms. The fraction of sp³-hybridized carbons (Fsp3) is 0.174. The van der Waals surface area contributed by atoms with Crippen molar-refractivity contribution in [1.82, 2.24) is 0 Å². The molecule has 0 saturated heterocycles. The summed E-state index contributed by atoms with van der Waals surface area (Å²) < 4.78 is 10.5. The highest BCUT2D eigenvalue weighted by Crippen LogP contribution is 2.27. The van der Waals surface area contributed by atoms with Crippen LogP contribution in [0.1, 0.15) is 17.3 Å². The third-order valence-corrected chi connectivity index (χ3v) is 4.43. The van der Waals surface area contributed by atoms with Gasteiger partial charge in [-0.2, -0.15) is 0 Å². The van der Waals surface area contributed by atoms with Crippen LogP contribution in [-0.4, -0.2) is 26.7 Å². The Balaban J connectivity index is 1.76. The fourth-order valence-corrected chi connectivity index (χ4v) is 2.99. The third-order valence-electron chi connectivity index (χ3n) is 4.43. The van der Waals surface area contributed by atoms with Crippen molar-refractivity contribution in [3.8, 4) is 11.5 Å². The zero-order valence-corrected chi connectivity index (χ0v) is 16.3. The quantitative estimate of drug-likeness (QED) is 0.622. The lowest BCUT2D eigenvalue weighted by molar-refractivity contribution is 0.102. The number of carbonyl (C=O) groups is 1. The highest BCUT2D eigenvalue weighted by Gasteiger charge is 2.11. The highest BCUT2D eigenvalue weighted by atomic mass is 16.5. The zero-order chi connectivity index (χ0) is 19.9. The smallest absolute Gasteiger partial charge is 0.255 e. The van der Waals surface area contributed by atoms with E-state index < -0.39 is 0 Å². The fourth-order valence-electron chi connectivity index (χ4n) is 2.99. The minimum atomic E-state index is -0.222. The van der Waals surface area contributed by atoms with Gasteiger partial charge in [0.2, 0.25) is 0 Å². The Morgan fingerprint density at radius 1 is 0.857 bits per heavy atom. The Labute approximate surface area is 165 Å². The molecule has 144 valence electrons. The number of nitrogens with one attached hydrogen (secondary N) is 1. The number of carbonyl (C=O) groups excluding carboxylic acids is 1. The molecular weight excluding hydrogens is 352 g/mol. The second-order valence-corrected chi connectivity index (χ2v) is 6.18. The summed E-state index contributed by atoms with van der Waals surface area (Å²) in [5.74, 6) is 0.919. The van der Waals surface area contributed by atoms with Crippen LogP contribution < -0.4 is 19.7 Å². The van der Waals surface area contributed by atoms with E-state index in [2.05, 4.69) is 29.3 Å². The minimum absolute atomic E-state index is 0.222. The molecule has 0 fully saturated rings. The van der Waals surface area contributed by atoms with E-state index in [9.17, 15) is 4.79 Å². The predicted molar refractivity (Wildman–Crippen MR) is 113 cm³/mol. The lowest BCUT2D eigenvalue weighted by Crippen LogP contribution is -2.16. The van der Waals surface area contributed by atoms with Gasteiger partial charge in [-0.15, -0.1) is 0 Å². The van der Waals surface area contributed by atoms with E-state index in [4.69, 9.17) is 9.47 Å². The zero-order valence-electron chi connectivity index (χ0n) is 16.3. The van der Waals surface area contributed by atoms with E-state index in [1.807, 2.05) is 42.5 Å². The number of rotatable bonds is 7. The van der Waals surface area contributed by atoms with Gasteiger partial charge in [0.15, 0.2) is 0 Å². The van der Waals surface area contributed by atoms with E-state index in [1.165, 1.54) is 0 Å². The average Bonchev–Trinajstić information content (AvgIpc) is 2.75. The van der Waals surface area contributed by atoms with Crippen molar-refractivity contribution < 1.29 is 14.3 Å². The number of nitrogens with zero attached hydrogens (tertiary/aromatic N) is 1. The molecular formula is C23H24N2O3. The van der Waals surface area contributed by atoms with Crippen molar-refractivity contribution in [1.29, 1.82) is 0 Å². The molecule has 28 heavy (non-hydrogen) atoms. The van der Waals surface area contributed by atoms with Crippen LogP contribution in [0, 0.1) is 0 Å². The standard InChI is InChI=1S/C23H24N2O3/c1-4-25(19-8-6-5-7-9-19)20-12-10-18(11-13-20)24-23(26)17-14-21(27-2)16-22(15-17)28-3/h5-16H,4H2,1-3H3,(H,24,26).